The first kappa shape index (κ1) is 18.8. The van der Waals surface area contributed by atoms with E-state index in [2.05, 4.69) is 31.5 Å². The number of hydrogen-bond donors (Lipinski definition) is 2. The van der Waals surface area contributed by atoms with Gasteiger partial charge in [-0.3, -0.25) is 19.0 Å². The van der Waals surface area contributed by atoms with Crippen LogP contribution in [0.25, 0.3) is 10.9 Å². The first-order valence-corrected chi connectivity index (χ1v) is 9.04. The molecule has 2 N–H and O–H groups in total. The lowest BCUT2D eigenvalue weighted by atomic mass is 10.2. The number of carbonyl (C=O) groups excluding carboxylic acids is 2. The predicted molar refractivity (Wildman–Crippen MR) is 108 cm³/mol. The molecule has 0 aliphatic rings. The van der Waals surface area contributed by atoms with Crippen LogP contribution in [-0.4, -0.2) is 21.4 Å². The SMILES string of the molecule is CC(=O)Nc1cccc(NC(=O)CCn2cnc3ccc(Br)cc3c2=O)c1. The molecule has 0 saturated carbocycles. The second-order valence-corrected chi connectivity index (χ2v) is 6.88. The highest BCUT2D eigenvalue weighted by atomic mass is 79.9. The number of aryl methyl sites for hydroxylation is 1. The Kier molecular flexibility index (Phi) is 5.66. The number of aromatic nitrogens is 2. The molecule has 0 unspecified atom stereocenters. The van der Waals surface area contributed by atoms with Gasteiger partial charge in [-0.05, 0) is 36.4 Å². The molecule has 0 atom stereocenters. The number of halogens is 1. The van der Waals surface area contributed by atoms with Gasteiger partial charge in [0.1, 0.15) is 0 Å². The molecule has 0 bridgehead atoms. The number of rotatable bonds is 5. The third-order valence-electron chi connectivity index (χ3n) is 3.83. The van der Waals surface area contributed by atoms with Crippen LogP contribution in [0.4, 0.5) is 11.4 Å². The number of nitrogens with one attached hydrogen (secondary N) is 2. The van der Waals surface area contributed by atoms with Gasteiger partial charge in [0, 0.05) is 35.7 Å². The summed E-state index contributed by atoms with van der Waals surface area (Å²) in [6.45, 7) is 1.63. The molecule has 0 fully saturated rings. The van der Waals surface area contributed by atoms with Gasteiger partial charge >= 0.3 is 0 Å². The predicted octanol–water partition coefficient (Wildman–Crippen LogP) is 3.15. The van der Waals surface area contributed by atoms with Crippen LogP contribution in [0, 0.1) is 0 Å². The van der Waals surface area contributed by atoms with Gasteiger partial charge in [-0.1, -0.05) is 22.0 Å². The maximum atomic E-state index is 12.5. The number of carbonyl (C=O) groups is 2. The topological polar surface area (TPSA) is 93.1 Å². The van der Waals surface area contributed by atoms with Crippen molar-refractivity contribution in [3.63, 3.8) is 0 Å². The summed E-state index contributed by atoms with van der Waals surface area (Å²) in [7, 11) is 0. The molecule has 1 aromatic heterocycles. The summed E-state index contributed by atoms with van der Waals surface area (Å²) < 4.78 is 2.21. The Hall–Kier alpha value is -3.00. The maximum absolute atomic E-state index is 12.5. The van der Waals surface area contributed by atoms with Crippen LogP contribution in [0.5, 0.6) is 0 Å². The fraction of sp³-hybridized carbons (Fsp3) is 0.158. The summed E-state index contributed by atoms with van der Waals surface area (Å²) >= 11 is 3.34. The Morgan fingerprint density at radius 3 is 2.59 bits per heavy atom. The third-order valence-corrected chi connectivity index (χ3v) is 4.33. The minimum absolute atomic E-state index is 0.117. The zero-order valence-corrected chi connectivity index (χ0v) is 16.1. The molecule has 2 amide bonds. The van der Waals surface area contributed by atoms with Crippen molar-refractivity contribution in [3.8, 4) is 0 Å². The average Bonchev–Trinajstić information content (AvgIpc) is 2.61. The van der Waals surface area contributed by atoms with E-state index in [1.165, 1.54) is 17.8 Å². The first-order valence-electron chi connectivity index (χ1n) is 8.24. The highest BCUT2D eigenvalue weighted by Gasteiger charge is 2.08. The zero-order chi connectivity index (χ0) is 19.4. The lowest BCUT2D eigenvalue weighted by molar-refractivity contribution is -0.116. The van der Waals surface area contributed by atoms with E-state index in [-0.39, 0.29) is 30.3 Å². The van der Waals surface area contributed by atoms with Gasteiger partial charge in [0.2, 0.25) is 11.8 Å². The Morgan fingerprint density at radius 1 is 1.11 bits per heavy atom. The van der Waals surface area contributed by atoms with Gasteiger partial charge in [0.15, 0.2) is 0 Å². The molecule has 3 rings (SSSR count). The Morgan fingerprint density at radius 2 is 1.85 bits per heavy atom. The monoisotopic (exact) mass is 428 g/mol. The highest BCUT2D eigenvalue weighted by molar-refractivity contribution is 9.10. The molecule has 7 nitrogen and oxygen atoms in total. The molecular formula is C19H17BrN4O3. The summed E-state index contributed by atoms with van der Waals surface area (Å²) in [6.07, 6.45) is 1.56. The van der Waals surface area contributed by atoms with Crippen LogP contribution in [0.3, 0.4) is 0 Å². The summed E-state index contributed by atoms with van der Waals surface area (Å²) in [5, 5.41) is 5.91. The highest BCUT2D eigenvalue weighted by Crippen LogP contribution is 2.16. The third kappa shape index (κ3) is 4.79. The van der Waals surface area contributed by atoms with E-state index in [9.17, 15) is 14.4 Å². The first-order chi connectivity index (χ1) is 12.9. The van der Waals surface area contributed by atoms with Crippen LogP contribution >= 0.6 is 15.9 Å². The van der Waals surface area contributed by atoms with Gasteiger partial charge in [-0.15, -0.1) is 0 Å². The van der Waals surface area contributed by atoms with Gasteiger partial charge in [-0.25, -0.2) is 4.98 Å². The summed E-state index contributed by atoms with van der Waals surface area (Å²) in [4.78, 5) is 40.1. The number of nitrogens with zero attached hydrogens (tertiary/aromatic N) is 2. The Labute approximate surface area is 163 Å². The van der Waals surface area contributed by atoms with Crippen molar-refractivity contribution < 1.29 is 9.59 Å². The molecule has 27 heavy (non-hydrogen) atoms. The minimum atomic E-state index is -0.240. The van der Waals surface area contributed by atoms with Crippen molar-refractivity contribution in [2.45, 2.75) is 19.9 Å². The molecule has 0 saturated heterocycles. The average molecular weight is 429 g/mol. The van der Waals surface area contributed by atoms with Crippen LogP contribution in [-0.2, 0) is 16.1 Å². The molecular weight excluding hydrogens is 412 g/mol. The van der Waals surface area contributed by atoms with Crippen molar-refractivity contribution >= 4 is 50.0 Å². The van der Waals surface area contributed by atoms with Gasteiger partial charge in [-0.2, -0.15) is 0 Å². The van der Waals surface area contributed by atoms with Crippen LogP contribution in [0.1, 0.15) is 13.3 Å². The smallest absolute Gasteiger partial charge is 0.261 e. The number of hydrogen-bond acceptors (Lipinski definition) is 4. The zero-order valence-electron chi connectivity index (χ0n) is 14.5. The largest absolute Gasteiger partial charge is 0.326 e. The molecule has 0 radical (unpaired) electrons. The van der Waals surface area contributed by atoms with Crippen LogP contribution in [0.15, 0.2) is 58.1 Å². The van der Waals surface area contributed by atoms with Gasteiger partial charge < -0.3 is 10.6 Å². The summed E-state index contributed by atoms with van der Waals surface area (Å²) in [5.41, 5.74) is 1.58. The van der Waals surface area contributed by atoms with Crippen LogP contribution in [0.2, 0.25) is 0 Å². The van der Waals surface area contributed by atoms with E-state index >= 15 is 0 Å². The minimum Gasteiger partial charge on any atom is -0.326 e. The van der Waals surface area contributed by atoms with E-state index in [1.54, 1.807) is 36.4 Å². The molecule has 0 aliphatic carbocycles. The second kappa shape index (κ2) is 8.13. The molecule has 2 aromatic carbocycles. The van der Waals surface area contributed by atoms with Gasteiger partial charge in [0.25, 0.3) is 5.56 Å². The van der Waals surface area contributed by atoms with Crippen molar-refractivity contribution in [2.75, 3.05) is 10.6 Å². The number of benzene rings is 2. The van der Waals surface area contributed by atoms with E-state index in [0.29, 0.717) is 22.3 Å². The van der Waals surface area contributed by atoms with Crippen molar-refractivity contribution in [1.29, 1.82) is 0 Å². The summed E-state index contributed by atoms with van der Waals surface area (Å²) in [5.74, 6) is -0.426. The van der Waals surface area contributed by atoms with Crippen molar-refractivity contribution in [1.82, 2.24) is 9.55 Å². The Bertz CT molecular complexity index is 1080. The lowest BCUT2D eigenvalue weighted by Crippen LogP contribution is -2.23. The molecule has 8 heteroatoms. The summed E-state index contributed by atoms with van der Waals surface area (Å²) in [6, 6.07) is 12.2. The maximum Gasteiger partial charge on any atom is 0.261 e. The fourth-order valence-electron chi connectivity index (χ4n) is 2.61. The van der Waals surface area contributed by atoms with E-state index in [0.717, 1.165) is 4.47 Å². The van der Waals surface area contributed by atoms with E-state index in [4.69, 9.17) is 0 Å². The number of fused-ring (bicyclic) bond motifs is 1. The number of anilines is 2. The van der Waals surface area contributed by atoms with E-state index in [1.807, 2.05) is 6.07 Å². The molecule has 0 aliphatic heterocycles. The van der Waals surface area contributed by atoms with Crippen molar-refractivity contribution in [3.05, 3.63) is 63.6 Å². The van der Waals surface area contributed by atoms with E-state index < -0.39 is 0 Å². The Balaban J connectivity index is 1.67. The molecule has 1 heterocycles. The standard InChI is InChI=1S/C19H17BrN4O3/c1-12(25)22-14-3-2-4-15(10-14)23-18(26)7-8-24-11-21-17-6-5-13(20)9-16(17)19(24)27/h2-6,9-11H,7-8H2,1H3,(H,22,25)(H,23,26). The molecule has 138 valence electrons. The second-order valence-electron chi connectivity index (χ2n) is 5.96. The van der Waals surface area contributed by atoms with Crippen LogP contribution < -0.4 is 16.2 Å². The van der Waals surface area contributed by atoms with Crippen molar-refractivity contribution in [2.24, 2.45) is 0 Å². The molecule has 3 aromatic rings. The van der Waals surface area contributed by atoms with Gasteiger partial charge in [0.05, 0.1) is 17.2 Å². The normalized spacial score (nSPS) is 10.6. The fourth-order valence-corrected chi connectivity index (χ4v) is 2.98. The lowest BCUT2D eigenvalue weighted by Gasteiger charge is -2.09. The quantitative estimate of drug-likeness (QED) is 0.652. The number of amides is 2. The molecule has 0 spiro atoms.